The third-order valence-corrected chi connectivity index (χ3v) is 10.5. The topological polar surface area (TPSA) is 175 Å². The van der Waals surface area contributed by atoms with Gasteiger partial charge in [-0.3, -0.25) is 24.1 Å². The monoisotopic (exact) mass is 804 g/mol. The minimum Gasteiger partial charge on any atom is -0.508 e. The molecule has 0 fully saturated rings. The Morgan fingerprint density at radius 3 is 1.52 bits per heavy atom. The number of likely N-dealkylation sites (N-methyl/N-ethyl adjacent to an activating group) is 3. The average molecular weight is 805 g/mol. The molecule has 3 N–H and O–H groups in total. The van der Waals surface area contributed by atoms with Crippen molar-refractivity contribution in [2.45, 2.75) is 83.6 Å². The lowest BCUT2D eigenvalue weighted by Gasteiger charge is -2.36. The Morgan fingerprint density at radius 1 is 0.638 bits per heavy atom. The first-order valence-electron chi connectivity index (χ1n) is 19.4. The molecular weight excluding hydrogens is 745 g/mol. The van der Waals surface area contributed by atoms with Gasteiger partial charge in [-0.2, -0.15) is 0 Å². The molecule has 0 unspecified atom stereocenters. The van der Waals surface area contributed by atoms with Gasteiger partial charge in [-0.05, 0) is 85.9 Å². The maximum atomic E-state index is 14.5. The first kappa shape index (κ1) is 46.8. The standard InChI is InChI=1S/C44H60N4O10/c1-11-28(4)39(58-44(55)36(46(5)6)25-31-16-22-34(56-9)23-17-31)40(51)45-38(27(2)3)42(53)47(7)35(24-29-12-18-32(49)19-13-29)41(52)48(8)37(43(54)57-10)26-30-14-20-33(50)21-15-30/h12-23,27-28,35-39,49-50H,11,24-26H2,1-10H3,(H,45,51)/t28-,35+,36-,37-,38-,39+/m1/s1. The van der Waals surface area contributed by atoms with Crippen LogP contribution >= 0.6 is 0 Å². The second-order valence-electron chi connectivity index (χ2n) is 15.2. The van der Waals surface area contributed by atoms with E-state index in [0.717, 1.165) is 5.56 Å². The molecule has 3 rings (SSSR count). The van der Waals surface area contributed by atoms with Crippen LogP contribution < -0.4 is 10.1 Å². The van der Waals surface area contributed by atoms with Crippen molar-refractivity contribution in [3.63, 3.8) is 0 Å². The molecule has 3 amide bonds. The molecule has 58 heavy (non-hydrogen) atoms. The summed E-state index contributed by atoms with van der Waals surface area (Å²) in [7, 11) is 9.21. The Labute approximate surface area is 342 Å². The number of hydrogen-bond donors (Lipinski definition) is 3. The van der Waals surface area contributed by atoms with Crippen LogP contribution in [0.3, 0.4) is 0 Å². The Balaban J connectivity index is 1.92. The van der Waals surface area contributed by atoms with Gasteiger partial charge >= 0.3 is 11.9 Å². The molecule has 3 aromatic rings. The molecule has 0 aromatic heterocycles. The molecular formula is C44H60N4O10. The first-order valence-corrected chi connectivity index (χ1v) is 19.4. The summed E-state index contributed by atoms with van der Waals surface area (Å²) < 4.78 is 16.3. The summed E-state index contributed by atoms with van der Waals surface area (Å²) in [6.45, 7) is 7.18. The number of nitrogens with one attached hydrogen (secondary N) is 1. The van der Waals surface area contributed by atoms with Gasteiger partial charge in [0.1, 0.15) is 41.4 Å². The normalized spacial score (nSPS) is 14.3. The third kappa shape index (κ3) is 12.7. The number of esters is 2. The van der Waals surface area contributed by atoms with Gasteiger partial charge < -0.3 is 39.5 Å². The third-order valence-electron chi connectivity index (χ3n) is 10.5. The molecule has 0 aliphatic rings. The van der Waals surface area contributed by atoms with E-state index in [4.69, 9.17) is 14.2 Å². The summed E-state index contributed by atoms with van der Waals surface area (Å²) in [6.07, 6.45) is -0.341. The number of carbonyl (C=O) groups is 5. The molecule has 0 aliphatic carbocycles. The Bertz CT molecular complexity index is 1820. The molecule has 14 heteroatoms. The van der Waals surface area contributed by atoms with Crippen molar-refractivity contribution in [1.29, 1.82) is 0 Å². The highest BCUT2D eigenvalue weighted by Crippen LogP contribution is 2.22. The number of hydrogen-bond acceptors (Lipinski definition) is 11. The maximum Gasteiger partial charge on any atom is 0.328 e. The van der Waals surface area contributed by atoms with E-state index in [2.05, 4.69) is 5.32 Å². The van der Waals surface area contributed by atoms with Gasteiger partial charge in [0.15, 0.2) is 6.10 Å². The summed E-state index contributed by atoms with van der Waals surface area (Å²) in [5, 5.41) is 22.6. The second-order valence-corrected chi connectivity index (χ2v) is 15.2. The van der Waals surface area contributed by atoms with Crippen LogP contribution in [0.5, 0.6) is 17.2 Å². The molecule has 3 aromatic carbocycles. The van der Waals surface area contributed by atoms with Gasteiger partial charge in [0.05, 0.1) is 14.2 Å². The van der Waals surface area contributed by atoms with E-state index in [9.17, 15) is 34.2 Å². The largest absolute Gasteiger partial charge is 0.508 e. The fraction of sp³-hybridized carbons (Fsp3) is 0.477. The van der Waals surface area contributed by atoms with Crippen molar-refractivity contribution in [2.24, 2.45) is 11.8 Å². The zero-order valence-corrected chi connectivity index (χ0v) is 35.3. The molecule has 14 nitrogen and oxygen atoms in total. The number of methoxy groups -OCH3 is 2. The lowest BCUT2D eigenvalue weighted by Crippen LogP contribution is -2.59. The smallest absolute Gasteiger partial charge is 0.328 e. The lowest BCUT2D eigenvalue weighted by atomic mass is 9.96. The van der Waals surface area contributed by atoms with Gasteiger partial charge in [-0.15, -0.1) is 0 Å². The van der Waals surface area contributed by atoms with E-state index in [-0.39, 0.29) is 24.3 Å². The van der Waals surface area contributed by atoms with Crippen LogP contribution in [0.25, 0.3) is 0 Å². The second kappa shape index (κ2) is 21.8. The van der Waals surface area contributed by atoms with Gasteiger partial charge in [0.2, 0.25) is 11.8 Å². The molecule has 0 spiro atoms. The van der Waals surface area contributed by atoms with Crippen LogP contribution in [0.1, 0.15) is 50.8 Å². The number of nitrogens with zero attached hydrogens (tertiary/aromatic N) is 3. The Kier molecular flexibility index (Phi) is 17.5. The average Bonchev–Trinajstić information content (AvgIpc) is 3.21. The van der Waals surface area contributed by atoms with Gasteiger partial charge in [0, 0.05) is 32.9 Å². The molecule has 6 atom stereocenters. The highest BCUT2D eigenvalue weighted by atomic mass is 16.6. The van der Waals surface area contributed by atoms with E-state index in [1.807, 2.05) is 19.1 Å². The SMILES string of the molecule is CC[C@@H](C)[C@H](OC(=O)[C@@H](Cc1ccc(OC)cc1)N(C)C)C(=O)N[C@@H](C(=O)N(C)[C@@H](Cc1ccc(O)cc1)C(=O)N(C)[C@H](Cc1ccc(O)cc1)C(=O)OC)C(C)C. The van der Waals surface area contributed by atoms with Crippen molar-refractivity contribution in [3.8, 4) is 17.2 Å². The van der Waals surface area contributed by atoms with Crippen LogP contribution in [0, 0.1) is 11.8 Å². The molecule has 0 saturated carbocycles. The number of amides is 3. The van der Waals surface area contributed by atoms with E-state index in [1.165, 1.54) is 55.3 Å². The van der Waals surface area contributed by atoms with Gasteiger partial charge in [-0.25, -0.2) is 4.79 Å². The Hall–Kier alpha value is -5.63. The van der Waals surface area contributed by atoms with Crippen molar-refractivity contribution in [1.82, 2.24) is 20.0 Å². The minimum absolute atomic E-state index is 0.00475. The summed E-state index contributed by atoms with van der Waals surface area (Å²) in [5.41, 5.74) is 2.15. The van der Waals surface area contributed by atoms with Gasteiger partial charge in [-0.1, -0.05) is 64.1 Å². The molecule has 0 saturated heterocycles. The molecule has 316 valence electrons. The highest BCUT2D eigenvalue weighted by molar-refractivity contribution is 5.95. The first-order chi connectivity index (χ1) is 27.4. The predicted molar refractivity (Wildman–Crippen MR) is 219 cm³/mol. The highest BCUT2D eigenvalue weighted by Gasteiger charge is 2.40. The number of phenolic OH excluding ortho intramolecular Hbond substituents is 2. The summed E-state index contributed by atoms with van der Waals surface area (Å²) in [4.78, 5) is 74.2. The van der Waals surface area contributed by atoms with E-state index >= 15 is 0 Å². The quantitative estimate of drug-likeness (QED) is 0.141. The predicted octanol–water partition coefficient (Wildman–Crippen LogP) is 3.99. The van der Waals surface area contributed by atoms with Crippen LogP contribution in [0.15, 0.2) is 72.8 Å². The molecule has 0 aliphatic heterocycles. The van der Waals surface area contributed by atoms with Crippen molar-refractivity contribution in [2.75, 3.05) is 42.4 Å². The molecule has 0 radical (unpaired) electrons. The lowest BCUT2D eigenvalue weighted by molar-refractivity contribution is -0.164. The van der Waals surface area contributed by atoms with Crippen LogP contribution in [-0.4, -0.2) is 127 Å². The fourth-order valence-corrected chi connectivity index (χ4v) is 6.43. The van der Waals surface area contributed by atoms with E-state index in [1.54, 1.807) is 83.3 Å². The van der Waals surface area contributed by atoms with Crippen molar-refractivity contribution < 1.29 is 48.4 Å². The van der Waals surface area contributed by atoms with Crippen LogP contribution in [-0.2, 0) is 52.7 Å². The van der Waals surface area contributed by atoms with Crippen molar-refractivity contribution >= 4 is 29.7 Å². The van der Waals surface area contributed by atoms with E-state index < -0.39 is 71.8 Å². The van der Waals surface area contributed by atoms with E-state index in [0.29, 0.717) is 29.7 Å². The number of ether oxygens (including phenoxy) is 3. The number of aromatic hydroxyl groups is 2. The van der Waals surface area contributed by atoms with Crippen LogP contribution in [0.2, 0.25) is 0 Å². The number of carbonyl (C=O) groups excluding carboxylic acids is 5. The summed E-state index contributed by atoms with van der Waals surface area (Å²) in [5.74, 6) is -3.22. The van der Waals surface area contributed by atoms with Crippen LogP contribution in [0.4, 0.5) is 0 Å². The Morgan fingerprint density at radius 2 is 1.09 bits per heavy atom. The number of rotatable bonds is 20. The van der Waals surface area contributed by atoms with Crippen molar-refractivity contribution in [3.05, 3.63) is 89.5 Å². The minimum atomic E-state index is -1.23. The number of benzene rings is 3. The summed E-state index contributed by atoms with van der Waals surface area (Å²) in [6, 6.07) is 15.6. The summed E-state index contributed by atoms with van der Waals surface area (Å²) >= 11 is 0. The maximum absolute atomic E-state index is 14.5. The molecule has 0 heterocycles. The number of phenols is 2. The van der Waals surface area contributed by atoms with Gasteiger partial charge in [0.25, 0.3) is 5.91 Å². The fourth-order valence-electron chi connectivity index (χ4n) is 6.43. The zero-order valence-electron chi connectivity index (χ0n) is 35.3. The molecule has 0 bridgehead atoms. The zero-order chi connectivity index (χ0) is 43.3.